The third-order valence-corrected chi connectivity index (χ3v) is 4.73. The van der Waals surface area contributed by atoms with Gasteiger partial charge in [0.15, 0.2) is 11.5 Å². The Bertz CT molecular complexity index is 990. The third-order valence-electron chi connectivity index (χ3n) is 4.73. The van der Waals surface area contributed by atoms with Gasteiger partial charge in [0.2, 0.25) is 6.79 Å². The number of fused-ring (bicyclic) bond motifs is 1. The van der Waals surface area contributed by atoms with Crippen LogP contribution in [0.15, 0.2) is 91.5 Å². The van der Waals surface area contributed by atoms with Crippen LogP contribution in [0.1, 0.15) is 11.6 Å². The highest BCUT2D eigenvalue weighted by Gasteiger charge is 2.28. The van der Waals surface area contributed by atoms with Crippen LogP contribution in [0, 0.1) is 0 Å². The molecule has 29 heavy (non-hydrogen) atoms. The molecule has 3 aromatic carbocycles. The maximum Gasteiger partial charge on any atom is 0.251 e. The number of para-hydroxylation sites is 1. The van der Waals surface area contributed by atoms with Crippen LogP contribution in [-0.4, -0.2) is 19.2 Å². The van der Waals surface area contributed by atoms with E-state index in [9.17, 15) is 4.79 Å². The fourth-order valence-electron chi connectivity index (χ4n) is 3.41. The molecule has 1 atom stereocenters. The first-order valence-electron chi connectivity index (χ1n) is 9.44. The second-order valence-corrected chi connectivity index (χ2v) is 6.65. The van der Waals surface area contributed by atoms with Gasteiger partial charge in [0, 0.05) is 24.0 Å². The lowest BCUT2D eigenvalue weighted by Gasteiger charge is -2.32. The molecule has 1 amide bonds. The Morgan fingerprint density at radius 1 is 1.00 bits per heavy atom. The van der Waals surface area contributed by atoms with Gasteiger partial charge in [-0.3, -0.25) is 4.79 Å². The monoisotopic (exact) mass is 386 g/mol. The maximum atomic E-state index is 13.4. The van der Waals surface area contributed by atoms with Crippen molar-refractivity contribution in [2.45, 2.75) is 6.04 Å². The van der Waals surface area contributed by atoms with E-state index in [1.54, 1.807) is 18.2 Å². The summed E-state index contributed by atoms with van der Waals surface area (Å²) >= 11 is 0. The van der Waals surface area contributed by atoms with Crippen molar-refractivity contribution in [1.29, 1.82) is 0 Å². The molecular formula is C24H22N2O3. The number of nitrogens with zero attached hydrogens (tertiary/aromatic N) is 1. The Morgan fingerprint density at radius 3 is 2.41 bits per heavy atom. The van der Waals surface area contributed by atoms with Crippen molar-refractivity contribution in [3.8, 4) is 11.5 Å². The summed E-state index contributed by atoms with van der Waals surface area (Å²) in [6, 6.07) is 24.5. The molecule has 1 aliphatic heterocycles. The Kier molecular flexibility index (Phi) is 5.47. The molecule has 146 valence electrons. The largest absolute Gasteiger partial charge is 0.454 e. The van der Waals surface area contributed by atoms with E-state index in [1.165, 1.54) is 0 Å². The van der Waals surface area contributed by atoms with Crippen molar-refractivity contribution < 1.29 is 14.3 Å². The first kappa shape index (κ1) is 18.6. The zero-order valence-corrected chi connectivity index (χ0v) is 16.0. The summed E-state index contributed by atoms with van der Waals surface area (Å²) in [6.07, 6.45) is 1.80. The number of nitrogens with one attached hydrogen (secondary N) is 1. The molecule has 0 unspecified atom stereocenters. The molecule has 0 radical (unpaired) electrons. The number of benzene rings is 3. The van der Waals surface area contributed by atoms with Crippen molar-refractivity contribution in [3.05, 3.63) is 97.1 Å². The van der Waals surface area contributed by atoms with Gasteiger partial charge in [0.1, 0.15) is 6.04 Å². The third kappa shape index (κ3) is 4.09. The highest BCUT2D eigenvalue weighted by molar-refractivity contribution is 5.98. The van der Waals surface area contributed by atoms with Gasteiger partial charge in [-0.05, 0) is 29.8 Å². The fourth-order valence-corrected chi connectivity index (χ4v) is 3.41. The topological polar surface area (TPSA) is 50.8 Å². The summed E-state index contributed by atoms with van der Waals surface area (Å²) in [5.41, 5.74) is 2.50. The lowest BCUT2D eigenvalue weighted by molar-refractivity contribution is -0.117. The van der Waals surface area contributed by atoms with E-state index < -0.39 is 6.04 Å². The van der Waals surface area contributed by atoms with Crippen molar-refractivity contribution in [3.63, 3.8) is 0 Å². The fraction of sp³-hybridized carbons (Fsp3) is 0.125. The molecule has 0 aromatic heterocycles. The van der Waals surface area contributed by atoms with Crippen LogP contribution in [0.2, 0.25) is 0 Å². The number of carbonyl (C=O) groups excluding carboxylic acids is 1. The minimum Gasteiger partial charge on any atom is -0.454 e. The van der Waals surface area contributed by atoms with E-state index in [2.05, 4.69) is 11.9 Å². The summed E-state index contributed by atoms with van der Waals surface area (Å²) in [5.74, 6) is 1.17. The Hall–Kier alpha value is -3.73. The SMILES string of the molecule is C=CCN(c1ccccc1)[C@H](C(=O)Nc1ccc2c(c1)OCO2)c1ccccc1. The lowest BCUT2D eigenvalue weighted by atomic mass is 10.0. The zero-order valence-electron chi connectivity index (χ0n) is 16.0. The van der Waals surface area contributed by atoms with E-state index in [0.29, 0.717) is 23.7 Å². The van der Waals surface area contributed by atoms with E-state index in [-0.39, 0.29) is 12.7 Å². The molecule has 0 spiro atoms. The number of hydrogen-bond acceptors (Lipinski definition) is 4. The molecule has 1 N–H and O–H groups in total. The molecular weight excluding hydrogens is 364 g/mol. The van der Waals surface area contributed by atoms with Crippen LogP contribution in [0.3, 0.4) is 0 Å². The van der Waals surface area contributed by atoms with Gasteiger partial charge in [-0.15, -0.1) is 6.58 Å². The number of rotatable bonds is 7. The summed E-state index contributed by atoms with van der Waals surface area (Å²) in [5, 5.41) is 3.03. The minimum absolute atomic E-state index is 0.138. The highest BCUT2D eigenvalue weighted by Crippen LogP contribution is 2.35. The standard InChI is InChI=1S/C24H22N2O3/c1-2-15-26(20-11-7-4-8-12-20)23(18-9-5-3-6-10-18)24(27)25-19-13-14-21-22(16-19)29-17-28-21/h2-14,16,23H,1,15,17H2,(H,25,27)/t23-/m0/s1. The van der Waals surface area contributed by atoms with Gasteiger partial charge in [-0.25, -0.2) is 0 Å². The number of carbonyl (C=O) groups is 1. The molecule has 5 nitrogen and oxygen atoms in total. The average molecular weight is 386 g/mol. The molecule has 3 aromatic rings. The first-order valence-corrected chi connectivity index (χ1v) is 9.44. The van der Waals surface area contributed by atoms with Gasteiger partial charge in [-0.1, -0.05) is 54.6 Å². The predicted octanol–water partition coefficient (Wildman–Crippen LogP) is 4.79. The van der Waals surface area contributed by atoms with Gasteiger partial charge in [0.05, 0.1) is 0 Å². The van der Waals surface area contributed by atoms with Crippen molar-refractivity contribution in [2.24, 2.45) is 0 Å². The number of hydrogen-bond donors (Lipinski definition) is 1. The molecule has 0 saturated carbocycles. The average Bonchev–Trinajstić information content (AvgIpc) is 3.23. The molecule has 1 aliphatic rings. The number of ether oxygens (including phenoxy) is 2. The number of amides is 1. The van der Waals surface area contributed by atoms with Crippen LogP contribution >= 0.6 is 0 Å². The van der Waals surface area contributed by atoms with E-state index in [1.807, 2.05) is 71.6 Å². The summed E-state index contributed by atoms with van der Waals surface area (Å²) in [7, 11) is 0. The molecule has 5 heteroatoms. The predicted molar refractivity (Wildman–Crippen MR) is 114 cm³/mol. The van der Waals surface area contributed by atoms with Gasteiger partial charge in [0.25, 0.3) is 5.91 Å². The maximum absolute atomic E-state index is 13.4. The molecule has 0 bridgehead atoms. The van der Waals surface area contributed by atoms with Crippen molar-refractivity contribution >= 4 is 17.3 Å². The molecule has 4 rings (SSSR count). The second-order valence-electron chi connectivity index (χ2n) is 6.65. The molecule has 1 heterocycles. The molecule has 0 saturated heterocycles. The van der Waals surface area contributed by atoms with E-state index in [4.69, 9.17) is 9.47 Å². The van der Waals surface area contributed by atoms with E-state index in [0.717, 1.165) is 11.3 Å². The van der Waals surface area contributed by atoms with Crippen LogP contribution < -0.4 is 19.7 Å². The lowest BCUT2D eigenvalue weighted by Crippen LogP contribution is -2.37. The summed E-state index contributed by atoms with van der Waals surface area (Å²) in [4.78, 5) is 15.5. The molecule has 0 aliphatic carbocycles. The van der Waals surface area contributed by atoms with Crippen molar-refractivity contribution in [2.75, 3.05) is 23.6 Å². The Labute approximate surface area is 170 Å². The quantitative estimate of drug-likeness (QED) is 0.593. The van der Waals surface area contributed by atoms with Crippen LogP contribution in [0.25, 0.3) is 0 Å². The van der Waals surface area contributed by atoms with Crippen LogP contribution in [0.5, 0.6) is 11.5 Å². The summed E-state index contributed by atoms with van der Waals surface area (Å²) < 4.78 is 10.8. The second kappa shape index (κ2) is 8.52. The minimum atomic E-state index is -0.526. The van der Waals surface area contributed by atoms with Gasteiger partial charge >= 0.3 is 0 Å². The van der Waals surface area contributed by atoms with Crippen LogP contribution in [-0.2, 0) is 4.79 Å². The van der Waals surface area contributed by atoms with E-state index >= 15 is 0 Å². The Morgan fingerprint density at radius 2 is 1.69 bits per heavy atom. The van der Waals surface area contributed by atoms with Gasteiger partial charge < -0.3 is 19.7 Å². The van der Waals surface area contributed by atoms with Crippen LogP contribution in [0.4, 0.5) is 11.4 Å². The Balaban J connectivity index is 1.68. The first-order chi connectivity index (χ1) is 14.3. The highest BCUT2D eigenvalue weighted by atomic mass is 16.7. The summed E-state index contributed by atoms with van der Waals surface area (Å²) in [6.45, 7) is 4.60. The zero-order chi connectivity index (χ0) is 20.1. The smallest absolute Gasteiger partial charge is 0.251 e. The molecule has 0 fully saturated rings. The van der Waals surface area contributed by atoms with Gasteiger partial charge in [-0.2, -0.15) is 0 Å². The van der Waals surface area contributed by atoms with Crippen molar-refractivity contribution in [1.82, 2.24) is 0 Å². The number of anilines is 2. The normalized spacial score (nSPS) is 12.8.